The van der Waals surface area contributed by atoms with Gasteiger partial charge in [0.2, 0.25) is 5.91 Å². The molecule has 0 unspecified atom stereocenters. The fraction of sp³-hybridized carbons (Fsp3) is 0.294. The number of non-ortho nitro benzene ring substituents is 1. The Bertz CT molecular complexity index is 805. The molecule has 1 fully saturated rings. The number of nitrogens with zero attached hydrogens (tertiary/aromatic N) is 2. The monoisotopic (exact) mass is 376 g/mol. The number of nitro groups is 1. The largest absolute Gasteiger partial charge is 0.466 e. The van der Waals surface area contributed by atoms with Gasteiger partial charge in [0.05, 0.1) is 11.2 Å². The first-order valence-corrected chi connectivity index (χ1v) is 8.86. The van der Waals surface area contributed by atoms with Crippen molar-refractivity contribution in [1.82, 2.24) is 4.90 Å². The van der Waals surface area contributed by atoms with Crippen molar-refractivity contribution in [1.29, 1.82) is 0 Å². The number of carbonyl (C=O) groups excluding carboxylic acids is 2. The zero-order valence-electron chi connectivity index (χ0n) is 13.9. The van der Waals surface area contributed by atoms with Crippen LogP contribution in [0, 0.1) is 10.1 Å². The molecule has 1 amide bonds. The maximum atomic E-state index is 12.5. The second kappa shape index (κ2) is 7.61. The number of rotatable bonds is 5. The van der Waals surface area contributed by atoms with Crippen LogP contribution in [0.3, 0.4) is 0 Å². The number of thioether (sulfide) groups is 1. The van der Waals surface area contributed by atoms with Crippen molar-refractivity contribution in [2.75, 3.05) is 5.75 Å². The van der Waals surface area contributed by atoms with Crippen LogP contribution in [0.15, 0.2) is 47.1 Å². The highest BCUT2D eigenvalue weighted by Gasteiger charge is 2.43. The summed E-state index contributed by atoms with van der Waals surface area (Å²) in [4.78, 5) is 36.1. The van der Waals surface area contributed by atoms with Crippen LogP contribution in [-0.4, -0.2) is 33.5 Å². The molecule has 0 radical (unpaired) electrons. The predicted molar refractivity (Wildman–Crippen MR) is 93.1 cm³/mol. The maximum absolute atomic E-state index is 12.5. The second-order valence-electron chi connectivity index (χ2n) is 5.67. The van der Waals surface area contributed by atoms with E-state index in [0.717, 1.165) is 0 Å². The maximum Gasteiger partial charge on any atom is 0.330 e. The van der Waals surface area contributed by atoms with E-state index in [1.54, 1.807) is 12.1 Å². The molecule has 26 heavy (non-hydrogen) atoms. The van der Waals surface area contributed by atoms with Crippen molar-refractivity contribution in [2.24, 2.45) is 0 Å². The molecule has 0 spiro atoms. The summed E-state index contributed by atoms with van der Waals surface area (Å²) in [5, 5.41) is 10.3. The number of furan rings is 1. The molecule has 1 saturated heterocycles. The number of benzene rings is 1. The molecule has 0 aliphatic carbocycles. The Morgan fingerprint density at radius 1 is 1.35 bits per heavy atom. The van der Waals surface area contributed by atoms with E-state index in [0.29, 0.717) is 17.1 Å². The summed E-state index contributed by atoms with van der Waals surface area (Å²) >= 11 is 1.44. The third-order valence-corrected chi connectivity index (χ3v) is 5.23. The zero-order chi connectivity index (χ0) is 18.7. The van der Waals surface area contributed by atoms with E-state index in [9.17, 15) is 19.7 Å². The van der Waals surface area contributed by atoms with Crippen molar-refractivity contribution >= 4 is 29.3 Å². The Labute approximate surface area is 153 Å². The SMILES string of the molecule is CC(=O)N1[C@@H](C(=O)OCc2ccc([N+](=O)[O-])cc2)CS[C@H]1c1ccco1. The lowest BCUT2D eigenvalue weighted by Crippen LogP contribution is -2.42. The van der Waals surface area contributed by atoms with Crippen molar-refractivity contribution in [3.05, 3.63) is 64.1 Å². The fourth-order valence-corrected chi connectivity index (χ4v) is 4.10. The molecule has 1 aromatic carbocycles. The Morgan fingerprint density at radius 3 is 2.65 bits per heavy atom. The Morgan fingerprint density at radius 2 is 2.08 bits per heavy atom. The number of ether oxygens (including phenoxy) is 1. The van der Waals surface area contributed by atoms with Gasteiger partial charge in [0.1, 0.15) is 23.8 Å². The van der Waals surface area contributed by atoms with Gasteiger partial charge in [0.15, 0.2) is 0 Å². The first-order valence-electron chi connectivity index (χ1n) is 7.81. The van der Waals surface area contributed by atoms with Crippen LogP contribution < -0.4 is 0 Å². The van der Waals surface area contributed by atoms with E-state index in [-0.39, 0.29) is 23.6 Å². The van der Waals surface area contributed by atoms with E-state index in [1.165, 1.54) is 54.1 Å². The van der Waals surface area contributed by atoms with E-state index in [4.69, 9.17) is 9.15 Å². The van der Waals surface area contributed by atoms with E-state index in [1.807, 2.05) is 0 Å². The lowest BCUT2D eigenvalue weighted by Gasteiger charge is -2.25. The Kier molecular flexibility index (Phi) is 5.27. The van der Waals surface area contributed by atoms with Crippen LogP contribution in [0.5, 0.6) is 0 Å². The minimum Gasteiger partial charge on any atom is -0.466 e. The highest BCUT2D eigenvalue weighted by atomic mass is 32.2. The average molecular weight is 376 g/mol. The fourth-order valence-electron chi connectivity index (χ4n) is 2.69. The van der Waals surface area contributed by atoms with Gasteiger partial charge in [-0.05, 0) is 29.8 Å². The third kappa shape index (κ3) is 3.72. The minimum absolute atomic E-state index is 0.0187. The van der Waals surface area contributed by atoms with Gasteiger partial charge < -0.3 is 14.1 Å². The lowest BCUT2D eigenvalue weighted by atomic mass is 10.2. The quantitative estimate of drug-likeness (QED) is 0.449. The highest BCUT2D eigenvalue weighted by Crippen LogP contribution is 2.41. The van der Waals surface area contributed by atoms with Crippen molar-refractivity contribution in [3.8, 4) is 0 Å². The van der Waals surface area contributed by atoms with Crippen LogP contribution in [-0.2, 0) is 20.9 Å². The van der Waals surface area contributed by atoms with Gasteiger partial charge in [-0.2, -0.15) is 0 Å². The molecular formula is C17H16N2O6S. The molecular weight excluding hydrogens is 360 g/mol. The normalized spacial score (nSPS) is 19.3. The average Bonchev–Trinajstić information content (AvgIpc) is 3.28. The smallest absolute Gasteiger partial charge is 0.330 e. The summed E-state index contributed by atoms with van der Waals surface area (Å²) in [5.41, 5.74) is 0.600. The summed E-state index contributed by atoms with van der Waals surface area (Å²) in [5.74, 6) is 0.258. The number of amides is 1. The van der Waals surface area contributed by atoms with Crippen LogP contribution in [0.2, 0.25) is 0 Å². The molecule has 9 heteroatoms. The van der Waals surface area contributed by atoms with Crippen LogP contribution in [0.4, 0.5) is 5.69 Å². The minimum atomic E-state index is -0.703. The van der Waals surface area contributed by atoms with E-state index in [2.05, 4.69) is 0 Å². The van der Waals surface area contributed by atoms with Gasteiger partial charge in [0.25, 0.3) is 5.69 Å². The van der Waals surface area contributed by atoms with Gasteiger partial charge in [-0.15, -0.1) is 11.8 Å². The Hall–Kier alpha value is -2.81. The standard InChI is InChI=1S/C17H16N2O6S/c1-11(20)18-14(10-26-16(18)15-3-2-8-24-15)17(21)25-9-12-4-6-13(7-5-12)19(22)23/h2-8,14,16H,9-10H2,1H3/t14-,16+/m1/s1. The molecule has 2 heterocycles. The molecule has 136 valence electrons. The van der Waals surface area contributed by atoms with Gasteiger partial charge in [0, 0.05) is 24.8 Å². The molecule has 2 aromatic rings. The molecule has 1 aliphatic rings. The lowest BCUT2D eigenvalue weighted by molar-refractivity contribution is -0.384. The molecule has 2 atom stereocenters. The summed E-state index contributed by atoms with van der Waals surface area (Å²) in [6.07, 6.45) is 1.52. The molecule has 0 bridgehead atoms. The predicted octanol–water partition coefficient (Wildman–Crippen LogP) is 2.89. The zero-order valence-corrected chi connectivity index (χ0v) is 14.7. The van der Waals surface area contributed by atoms with Gasteiger partial charge in [-0.3, -0.25) is 14.9 Å². The van der Waals surface area contributed by atoms with E-state index >= 15 is 0 Å². The number of hydrogen-bond donors (Lipinski definition) is 0. The first-order chi connectivity index (χ1) is 12.5. The molecule has 8 nitrogen and oxygen atoms in total. The summed E-state index contributed by atoms with van der Waals surface area (Å²) < 4.78 is 10.7. The summed E-state index contributed by atoms with van der Waals surface area (Å²) in [6.45, 7) is 1.38. The summed E-state index contributed by atoms with van der Waals surface area (Å²) in [7, 11) is 0. The van der Waals surface area contributed by atoms with Crippen molar-refractivity contribution in [3.63, 3.8) is 0 Å². The Balaban J connectivity index is 1.65. The number of hydrogen-bond acceptors (Lipinski definition) is 7. The van der Waals surface area contributed by atoms with Crippen molar-refractivity contribution < 1.29 is 23.7 Å². The van der Waals surface area contributed by atoms with Gasteiger partial charge in [-0.25, -0.2) is 4.79 Å². The number of nitro benzene ring substituents is 1. The second-order valence-corrected chi connectivity index (χ2v) is 6.79. The molecule has 1 aliphatic heterocycles. The van der Waals surface area contributed by atoms with Crippen LogP contribution in [0.1, 0.15) is 23.6 Å². The summed E-state index contributed by atoms with van der Waals surface area (Å²) in [6, 6.07) is 8.55. The van der Waals surface area contributed by atoms with Crippen molar-refractivity contribution in [2.45, 2.75) is 24.9 Å². The molecule has 0 N–H and O–H groups in total. The molecule has 0 saturated carbocycles. The first kappa shape index (κ1) is 18.0. The third-order valence-electron chi connectivity index (χ3n) is 3.95. The highest BCUT2D eigenvalue weighted by molar-refractivity contribution is 7.99. The number of esters is 1. The molecule has 3 rings (SSSR count). The van der Waals surface area contributed by atoms with Crippen LogP contribution >= 0.6 is 11.8 Å². The number of carbonyl (C=O) groups is 2. The molecule has 1 aromatic heterocycles. The van der Waals surface area contributed by atoms with Gasteiger partial charge in [-0.1, -0.05) is 0 Å². The van der Waals surface area contributed by atoms with Gasteiger partial charge >= 0.3 is 5.97 Å². The van der Waals surface area contributed by atoms with Crippen LogP contribution in [0.25, 0.3) is 0 Å². The topological polar surface area (TPSA) is 103 Å². The van der Waals surface area contributed by atoms with E-state index < -0.39 is 16.9 Å².